The van der Waals surface area contributed by atoms with Crippen molar-refractivity contribution < 1.29 is 14.3 Å². The molecule has 1 aliphatic heterocycles. The number of benzene rings is 2. The molecular formula is C23H30N2O3S. The Morgan fingerprint density at radius 2 is 1.93 bits per heavy atom. The molecule has 0 aromatic heterocycles. The van der Waals surface area contributed by atoms with Crippen LogP contribution < -0.4 is 9.47 Å². The number of methoxy groups -OCH3 is 2. The van der Waals surface area contributed by atoms with Crippen LogP contribution >= 0.6 is 11.8 Å². The van der Waals surface area contributed by atoms with Gasteiger partial charge in [0.05, 0.1) is 20.8 Å². The second kappa shape index (κ2) is 10.0. The fourth-order valence-electron chi connectivity index (χ4n) is 3.85. The molecule has 0 unspecified atom stereocenters. The zero-order valence-electron chi connectivity index (χ0n) is 17.7. The first-order valence-electron chi connectivity index (χ1n) is 9.88. The number of rotatable bonds is 8. The first-order valence-corrected chi connectivity index (χ1v) is 11.1. The van der Waals surface area contributed by atoms with Gasteiger partial charge >= 0.3 is 0 Å². The van der Waals surface area contributed by atoms with Crippen LogP contribution in [0.25, 0.3) is 0 Å². The van der Waals surface area contributed by atoms with E-state index < -0.39 is 0 Å². The minimum atomic E-state index is 0.137. The highest BCUT2D eigenvalue weighted by Gasteiger charge is 2.30. The highest BCUT2D eigenvalue weighted by Crippen LogP contribution is 2.38. The standard InChI is InChI=1S/C23H30N2O3S/c1-24(15-17-7-10-19(29-4)11-8-17)23(26)16-25-13-5-6-21(25)20-12-9-18(27-2)14-22(20)28-3/h7-12,14,21H,5-6,13,15-16H2,1-4H3/t21-/m0/s1. The SMILES string of the molecule is COc1ccc([C@@H]2CCCN2CC(=O)N(C)Cc2ccc(SC)cc2)c(OC)c1. The average Bonchev–Trinajstić information content (AvgIpc) is 3.21. The second-order valence-electron chi connectivity index (χ2n) is 7.33. The zero-order valence-corrected chi connectivity index (χ0v) is 18.5. The van der Waals surface area contributed by atoms with Crippen molar-refractivity contribution in [2.45, 2.75) is 30.3 Å². The number of hydrogen-bond donors (Lipinski definition) is 0. The van der Waals surface area contributed by atoms with Crippen molar-refractivity contribution in [2.24, 2.45) is 0 Å². The number of likely N-dealkylation sites (tertiary alicyclic amines) is 1. The number of ether oxygens (including phenoxy) is 2. The molecule has 1 atom stereocenters. The summed E-state index contributed by atoms with van der Waals surface area (Å²) in [5.74, 6) is 1.73. The number of hydrogen-bond acceptors (Lipinski definition) is 5. The third-order valence-electron chi connectivity index (χ3n) is 5.51. The van der Waals surface area contributed by atoms with Crippen LogP contribution in [0.4, 0.5) is 0 Å². The van der Waals surface area contributed by atoms with Crippen molar-refractivity contribution in [3.05, 3.63) is 53.6 Å². The van der Waals surface area contributed by atoms with Crippen molar-refractivity contribution in [3.8, 4) is 11.5 Å². The number of carbonyl (C=O) groups excluding carboxylic acids is 1. The number of likely N-dealkylation sites (N-methyl/N-ethyl adjacent to an activating group) is 1. The normalized spacial score (nSPS) is 16.6. The molecule has 5 nitrogen and oxygen atoms in total. The lowest BCUT2D eigenvalue weighted by Crippen LogP contribution is -2.37. The Hall–Kier alpha value is -2.18. The van der Waals surface area contributed by atoms with Gasteiger partial charge in [0, 0.05) is 36.2 Å². The molecule has 0 spiro atoms. The van der Waals surface area contributed by atoms with Gasteiger partial charge in [-0.25, -0.2) is 0 Å². The molecule has 156 valence electrons. The van der Waals surface area contributed by atoms with Gasteiger partial charge in [0.2, 0.25) is 5.91 Å². The van der Waals surface area contributed by atoms with E-state index in [1.165, 1.54) is 4.90 Å². The molecule has 0 bridgehead atoms. The molecule has 0 radical (unpaired) electrons. The van der Waals surface area contributed by atoms with Crippen LogP contribution in [0, 0.1) is 0 Å². The summed E-state index contributed by atoms with van der Waals surface area (Å²) in [7, 11) is 5.21. The smallest absolute Gasteiger partial charge is 0.236 e. The summed E-state index contributed by atoms with van der Waals surface area (Å²) in [4.78, 5) is 18.2. The number of amides is 1. The monoisotopic (exact) mass is 414 g/mol. The summed E-state index contributed by atoms with van der Waals surface area (Å²) < 4.78 is 10.9. The molecule has 1 fully saturated rings. The number of carbonyl (C=O) groups is 1. The lowest BCUT2D eigenvalue weighted by atomic mass is 10.0. The second-order valence-corrected chi connectivity index (χ2v) is 8.21. The molecule has 2 aromatic carbocycles. The van der Waals surface area contributed by atoms with E-state index in [4.69, 9.17) is 9.47 Å². The molecular weight excluding hydrogens is 384 g/mol. The molecule has 3 rings (SSSR count). The van der Waals surface area contributed by atoms with Crippen LogP contribution in [0.1, 0.15) is 30.0 Å². The van der Waals surface area contributed by atoms with Crippen molar-refractivity contribution in [2.75, 3.05) is 40.6 Å². The molecule has 1 aliphatic rings. The summed E-state index contributed by atoms with van der Waals surface area (Å²) in [6.07, 6.45) is 4.16. The van der Waals surface area contributed by atoms with E-state index >= 15 is 0 Å². The Balaban J connectivity index is 1.66. The van der Waals surface area contributed by atoms with Gasteiger partial charge in [0.25, 0.3) is 0 Å². The van der Waals surface area contributed by atoms with Crippen LogP contribution in [0.5, 0.6) is 11.5 Å². The molecule has 2 aromatic rings. The maximum Gasteiger partial charge on any atom is 0.236 e. The van der Waals surface area contributed by atoms with Crippen LogP contribution in [0.3, 0.4) is 0 Å². The molecule has 0 aliphatic carbocycles. The molecule has 29 heavy (non-hydrogen) atoms. The summed E-state index contributed by atoms with van der Waals surface area (Å²) in [6, 6.07) is 14.5. The van der Waals surface area contributed by atoms with Gasteiger partial charge in [0.15, 0.2) is 0 Å². The zero-order chi connectivity index (χ0) is 20.8. The van der Waals surface area contributed by atoms with Crippen LogP contribution in [0.2, 0.25) is 0 Å². The summed E-state index contributed by atoms with van der Waals surface area (Å²) in [6.45, 7) is 1.96. The Morgan fingerprint density at radius 1 is 1.17 bits per heavy atom. The summed E-state index contributed by atoms with van der Waals surface area (Å²) in [5.41, 5.74) is 2.27. The van der Waals surface area contributed by atoms with Crippen molar-refractivity contribution in [3.63, 3.8) is 0 Å². The van der Waals surface area contributed by atoms with E-state index in [0.717, 1.165) is 42.0 Å². The molecule has 1 amide bonds. The Morgan fingerprint density at radius 3 is 2.59 bits per heavy atom. The van der Waals surface area contributed by atoms with Gasteiger partial charge in [-0.1, -0.05) is 18.2 Å². The largest absolute Gasteiger partial charge is 0.497 e. The predicted molar refractivity (Wildman–Crippen MR) is 118 cm³/mol. The molecule has 6 heteroatoms. The van der Waals surface area contributed by atoms with Gasteiger partial charge in [-0.3, -0.25) is 9.69 Å². The Bertz CT molecular complexity index is 825. The minimum absolute atomic E-state index is 0.137. The van der Waals surface area contributed by atoms with Gasteiger partial charge in [-0.15, -0.1) is 11.8 Å². The number of nitrogens with zero attached hydrogens (tertiary/aromatic N) is 2. The van der Waals surface area contributed by atoms with E-state index in [0.29, 0.717) is 13.1 Å². The predicted octanol–water partition coefficient (Wildman–Crippen LogP) is 4.22. The lowest BCUT2D eigenvalue weighted by molar-refractivity contribution is -0.131. The van der Waals surface area contributed by atoms with Crippen molar-refractivity contribution in [1.29, 1.82) is 0 Å². The minimum Gasteiger partial charge on any atom is -0.497 e. The quantitative estimate of drug-likeness (QED) is 0.605. The van der Waals surface area contributed by atoms with E-state index in [1.807, 2.05) is 24.1 Å². The van der Waals surface area contributed by atoms with Gasteiger partial charge in [-0.2, -0.15) is 0 Å². The first-order chi connectivity index (χ1) is 14.0. The molecule has 0 N–H and O–H groups in total. The van der Waals surface area contributed by atoms with E-state index in [9.17, 15) is 4.79 Å². The van der Waals surface area contributed by atoms with E-state index in [1.54, 1.807) is 26.0 Å². The van der Waals surface area contributed by atoms with Crippen LogP contribution in [-0.2, 0) is 11.3 Å². The fourth-order valence-corrected chi connectivity index (χ4v) is 4.26. The van der Waals surface area contributed by atoms with Crippen LogP contribution in [0.15, 0.2) is 47.4 Å². The maximum atomic E-state index is 12.9. The van der Waals surface area contributed by atoms with Gasteiger partial charge in [-0.05, 0) is 49.4 Å². The average molecular weight is 415 g/mol. The highest BCUT2D eigenvalue weighted by molar-refractivity contribution is 7.98. The topological polar surface area (TPSA) is 42.0 Å². The maximum absolute atomic E-state index is 12.9. The van der Waals surface area contributed by atoms with Gasteiger partial charge < -0.3 is 14.4 Å². The molecule has 0 saturated carbocycles. The van der Waals surface area contributed by atoms with Crippen molar-refractivity contribution in [1.82, 2.24) is 9.80 Å². The van der Waals surface area contributed by atoms with E-state index in [-0.39, 0.29) is 11.9 Å². The van der Waals surface area contributed by atoms with Crippen molar-refractivity contribution >= 4 is 17.7 Å². The number of thioether (sulfide) groups is 1. The first kappa shape index (κ1) is 21.5. The lowest BCUT2D eigenvalue weighted by Gasteiger charge is -2.28. The molecule has 1 saturated heterocycles. The summed E-state index contributed by atoms with van der Waals surface area (Å²) >= 11 is 1.72. The highest BCUT2D eigenvalue weighted by atomic mass is 32.2. The summed E-state index contributed by atoms with van der Waals surface area (Å²) in [5, 5.41) is 0. The third kappa shape index (κ3) is 5.25. The van der Waals surface area contributed by atoms with E-state index in [2.05, 4.69) is 41.5 Å². The Labute approximate surface area is 178 Å². The third-order valence-corrected chi connectivity index (χ3v) is 6.25. The molecule has 1 heterocycles. The fraction of sp³-hybridized carbons (Fsp3) is 0.435. The van der Waals surface area contributed by atoms with Gasteiger partial charge in [0.1, 0.15) is 11.5 Å². The Kier molecular flexibility index (Phi) is 7.45. The van der Waals surface area contributed by atoms with Crippen LogP contribution in [-0.4, -0.2) is 56.3 Å².